The molecule has 0 aliphatic carbocycles. The van der Waals surface area contributed by atoms with Gasteiger partial charge in [0, 0.05) is 5.75 Å². The van der Waals surface area contributed by atoms with Crippen molar-refractivity contribution >= 4 is 35.3 Å². The van der Waals surface area contributed by atoms with Gasteiger partial charge < -0.3 is 10.4 Å². The van der Waals surface area contributed by atoms with Gasteiger partial charge in [-0.25, -0.2) is 0 Å². The molecule has 0 saturated carbocycles. The Bertz CT molecular complexity index is 958. The first-order valence-corrected chi connectivity index (χ1v) is 9.85. The Morgan fingerprint density at radius 2 is 1.61 bits per heavy atom. The number of thiol groups is 1. The molecule has 0 saturated heterocycles. The van der Waals surface area contributed by atoms with E-state index >= 15 is 0 Å². The van der Waals surface area contributed by atoms with Gasteiger partial charge in [-0.3, -0.25) is 9.59 Å². The van der Waals surface area contributed by atoms with Gasteiger partial charge in [-0.2, -0.15) is 12.6 Å². The number of rotatable bonds is 8. The Morgan fingerprint density at radius 1 is 0.929 bits per heavy atom. The maximum atomic E-state index is 12.9. The maximum Gasteiger partial charge on any atom is 0.305 e. The number of aliphatic carboxylic acids is 1. The number of fused-ring (bicyclic) bond motifs is 1. The SMILES string of the molecule is O=C(O)CC(NC(=O)C(CS)Cc1ccccc1)c1ccc2ccccc2c1. The van der Waals surface area contributed by atoms with Crippen LogP contribution in [0.2, 0.25) is 0 Å². The largest absolute Gasteiger partial charge is 0.481 e. The van der Waals surface area contributed by atoms with E-state index in [-0.39, 0.29) is 18.2 Å². The van der Waals surface area contributed by atoms with Crippen molar-refractivity contribution in [1.82, 2.24) is 5.32 Å². The van der Waals surface area contributed by atoms with Gasteiger partial charge >= 0.3 is 5.97 Å². The zero-order chi connectivity index (χ0) is 19.9. The zero-order valence-electron chi connectivity index (χ0n) is 15.4. The van der Waals surface area contributed by atoms with Crippen LogP contribution >= 0.6 is 12.6 Å². The van der Waals surface area contributed by atoms with Gasteiger partial charge in [0.15, 0.2) is 0 Å². The van der Waals surface area contributed by atoms with Crippen molar-refractivity contribution < 1.29 is 14.7 Å². The lowest BCUT2D eigenvalue weighted by molar-refractivity contribution is -0.137. The Balaban J connectivity index is 1.80. The fourth-order valence-electron chi connectivity index (χ4n) is 3.28. The summed E-state index contributed by atoms with van der Waals surface area (Å²) < 4.78 is 0. The van der Waals surface area contributed by atoms with E-state index in [1.165, 1.54) is 0 Å². The van der Waals surface area contributed by atoms with Crippen LogP contribution in [-0.4, -0.2) is 22.7 Å². The van der Waals surface area contributed by atoms with E-state index in [2.05, 4.69) is 17.9 Å². The molecule has 4 nitrogen and oxygen atoms in total. The average Bonchev–Trinajstić information content (AvgIpc) is 2.71. The molecule has 1 amide bonds. The van der Waals surface area contributed by atoms with Gasteiger partial charge in [-0.05, 0) is 34.4 Å². The smallest absolute Gasteiger partial charge is 0.305 e. The summed E-state index contributed by atoms with van der Waals surface area (Å²) in [6.07, 6.45) is 0.391. The topological polar surface area (TPSA) is 66.4 Å². The lowest BCUT2D eigenvalue weighted by Crippen LogP contribution is -2.36. The summed E-state index contributed by atoms with van der Waals surface area (Å²) >= 11 is 4.34. The van der Waals surface area contributed by atoms with Crippen LogP contribution in [0.3, 0.4) is 0 Å². The molecule has 3 aromatic rings. The van der Waals surface area contributed by atoms with Gasteiger partial charge in [0.25, 0.3) is 0 Å². The molecule has 2 unspecified atom stereocenters. The fourth-order valence-corrected chi connectivity index (χ4v) is 3.57. The second-order valence-electron chi connectivity index (χ2n) is 6.83. The monoisotopic (exact) mass is 393 g/mol. The number of carboxylic acids is 1. The Hall–Kier alpha value is -2.79. The van der Waals surface area contributed by atoms with Crippen LogP contribution in [-0.2, 0) is 16.0 Å². The first-order chi connectivity index (χ1) is 13.6. The number of benzene rings is 3. The summed E-state index contributed by atoms with van der Waals surface area (Å²) in [5.74, 6) is -1.08. The molecule has 3 rings (SSSR count). The maximum absolute atomic E-state index is 12.9. The van der Waals surface area contributed by atoms with Crippen LogP contribution in [0.1, 0.15) is 23.6 Å². The Morgan fingerprint density at radius 3 is 2.29 bits per heavy atom. The van der Waals surface area contributed by atoms with E-state index in [0.29, 0.717) is 12.2 Å². The van der Waals surface area contributed by atoms with E-state index < -0.39 is 12.0 Å². The van der Waals surface area contributed by atoms with Crippen molar-refractivity contribution in [2.45, 2.75) is 18.9 Å². The van der Waals surface area contributed by atoms with E-state index in [1.54, 1.807) is 0 Å². The van der Waals surface area contributed by atoms with Gasteiger partial charge in [-0.1, -0.05) is 66.7 Å². The van der Waals surface area contributed by atoms with Crippen molar-refractivity contribution in [2.24, 2.45) is 5.92 Å². The van der Waals surface area contributed by atoms with Crippen molar-refractivity contribution in [3.63, 3.8) is 0 Å². The second kappa shape index (κ2) is 9.42. The number of carboxylic acid groups (broad SMARTS) is 1. The summed E-state index contributed by atoms with van der Waals surface area (Å²) in [5.41, 5.74) is 1.84. The third kappa shape index (κ3) is 5.14. The molecule has 0 heterocycles. The molecule has 2 N–H and O–H groups in total. The summed E-state index contributed by atoms with van der Waals surface area (Å²) in [6.45, 7) is 0. The molecule has 28 heavy (non-hydrogen) atoms. The van der Waals surface area contributed by atoms with Crippen LogP contribution in [0.15, 0.2) is 72.8 Å². The molecule has 0 aliphatic heterocycles. The van der Waals surface area contributed by atoms with Crippen LogP contribution in [0.5, 0.6) is 0 Å². The highest BCUT2D eigenvalue weighted by Gasteiger charge is 2.23. The number of hydrogen-bond acceptors (Lipinski definition) is 3. The molecule has 0 aromatic heterocycles. The second-order valence-corrected chi connectivity index (χ2v) is 7.20. The first-order valence-electron chi connectivity index (χ1n) is 9.22. The number of carbonyl (C=O) groups excluding carboxylic acids is 1. The number of carbonyl (C=O) groups is 2. The molecule has 0 bridgehead atoms. The predicted molar refractivity (Wildman–Crippen MR) is 115 cm³/mol. The highest BCUT2D eigenvalue weighted by molar-refractivity contribution is 7.80. The molecule has 144 valence electrons. The Kier molecular flexibility index (Phi) is 6.71. The van der Waals surface area contributed by atoms with E-state index in [4.69, 9.17) is 0 Å². The highest BCUT2D eigenvalue weighted by atomic mass is 32.1. The summed E-state index contributed by atoms with van der Waals surface area (Å²) in [5, 5.41) is 14.4. The molecule has 0 radical (unpaired) electrons. The van der Waals surface area contributed by atoms with Crippen molar-refractivity contribution in [3.8, 4) is 0 Å². The first kappa shape index (κ1) is 20.0. The molecule has 3 aromatic carbocycles. The van der Waals surface area contributed by atoms with Crippen LogP contribution in [0.4, 0.5) is 0 Å². The zero-order valence-corrected chi connectivity index (χ0v) is 16.3. The van der Waals surface area contributed by atoms with Crippen LogP contribution in [0.25, 0.3) is 10.8 Å². The molecular formula is C23H23NO3S. The van der Waals surface area contributed by atoms with E-state index in [0.717, 1.165) is 21.9 Å². The lowest BCUT2D eigenvalue weighted by Gasteiger charge is -2.22. The van der Waals surface area contributed by atoms with Crippen molar-refractivity contribution in [2.75, 3.05) is 5.75 Å². The summed E-state index contributed by atoms with van der Waals surface area (Å²) in [7, 11) is 0. The van der Waals surface area contributed by atoms with Gasteiger partial charge in [0.2, 0.25) is 5.91 Å². The summed E-state index contributed by atoms with van der Waals surface area (Å²) in [6, 6.07) is 22.8. The summed E-state index contributed by atoms with van der Waals surface area (Å²) in [4.78, 5) is 24.2. The van der Waals surface area contributed by atoms with Gasteiger partial charge in [0.05, 0.1) is 18.4 Å². The molecular weight excluding hydrogens is 370 g/mol. The number of amides is 1. The normalized spacial score (nSPS) is 13.0. The fraction of sp³-hybridized carbons (Fsp3) is 0.217. The Labute approximate surface area is 170 Å². The molecule has 2 atom stereocenters. The third-order valence-corrected chi connectivity index (χ3v) is 5.23. The quantitative estimate of drug-likeness (QED) is 0.501. The van der Waals surface area contributed by atoms with Crippen molar-refractivity contribution in [3.05, 3.63) is 83.9 Å². The number of hydrogen-bond donors (Lipinski definition) is 3. The molecule has 5 heteroatoms. The molecule has 0 fully saturated rings. The molecule has 0 spiro atoms. The van der Waals surface area contributed by atoms with E-state index in [1.807, 2.05) is 72.8 Å². The van der Waals surface area contributed by atoms with Crippen molar-refractivity contribution in [1.29, 1.82) is 0 Å². The van der Waals surface area contributed by atoms with Gasteiger partial charge in [-0.15, -0.1) is 0 Å². The minimum Gasteiger partial charge on any atom is -0.481 e. The minimum atomic E-state index is -0.955. The van der Waals surface area contributed by atoms with Crippen LogP contribution in [0, 0.1) is 5.92 Å². The predicted octanol–water partition coefficient (Wildman–Crippen LogP) is 4.26. The van der Waals surface area contributed by atoms with Crippen LogP contribution < -0.4 is 5.32 Å². The average molecular weight is 394 g/mol. The highest BCUT2D eigenvalue weighted by Crippen LogP contribution is 2.23. The molecule has 0 aliphatic rings. The minimum absolute atomic E-state index is 0.172. The van der Waals surface area contributed by atoms with Gasteiger partial charge in [0.1, 0.15) is 0 Å². The standard InChI is InChI=1S/C23H23NO3S/c25-22(26)14-21(19-11-10-17-8-4-5-9-18(17)13-19)24-23(27)20(15-28)12-16-6-2-1-3-7-16/h1-11,13,20-21,28H,12,14-15H2,(H,24,27)(H,25,26). The van der Waals surface area contributed by atoms with E-state index in [9.17, 15) is 14.7 Å². The third-order valence-electron chi connectivity index (χ3n) is 4.79. The number of nitrogens with one attached hydrogen (secondary N) is 1. The lowest BCUT2D eigenvalue weighted by atomic mass is 9.97.